The lowest BCUT2D eigenvalue weighted by Crippen LogP contribution is -2.43. The molecule has 0 aliphatic carbocycles. The molecule has 2 aromatic heterocycles. The van der Waals surface area contributed by atoms with Gasteiger partial charge in [0.2, 0.25) is 15.9 Å². The van der Waals surface area contributed by atoms with Crippen molar-refractivity contribution < 1.29 is 31.5 Å². The molecule has 4 aromatic rings. The molecule has 0 spiro atoms. The second-order valence-electron chi connectivity index (χ2n) is 8.27. The van der Waals surface area contributed by atoms with Gasteiger partial charge in [-0.25, -0.2) is 8.42 Å². The van der Waals surface area contributed by atoms with E-state index in [-0.39, 0.29) is 23.3 Å². The Bertz CT molecular complexity index is 1490. The molecule has 1 atom stereocenters. The molecule has 12 heteroatoms. The third kappa shape index (κ3) is 4.52. The number of methoxy groups -OCH3 is 2. The van der Waals surface area contributed by atoms with Crippen LogP contribution in [0.3, 0.4) is 0 Å². The lowest BCUT2D eigenvalue weighted by atomic mass is 9.99. The summed E-state index contributed by atoms with van der Waals surface area (Å²) in [5, 5.41) is 11.3. The number of hydrogen-bond donors (Lipinski definition) is 1. The molecule has 1 amide bonds. The normalized spacial score (nSPS) is 16.7. The Balaban J connectivity index is 1.28. The maximum atomic E-state index is 13.1. The summed E-state index contributed by atoms with van der Waals surface area (Å²) in [5.41, 5.74) is 0.541. The smallest absolute Gasteiger partial charge is 0.322 e. The largest absolute Gasteiger partial charge is 0.497 e. The predicted molar refractivity (Wildman–Crippen MR) is 129 cm³/mol. The Hall–Kier alpha value is -3.90. The van der Waals surface area contributed by atoms with Gasteiger partial charge in [0, 0.05) is 18.5 Å². The number of sulfonamides is 1. The Morgan fingerprint density at radius 3 is 2.64 bits per heavy atom. The van der Waals surface area contributed by atoms with E-state index in [1.165, 1.54) is 23.5 Å². The summed E-state index contributed by atoms with van der Waals surface area (Å²) in [4.78, 5) is 13.1. The van der Waals surface area contributed by atoms with Crippen LogP contribution in [0.5, 0.6) is 11.5 Å². The molecule has 1 saturated heterocycles. The predicted octanol–water partition coefficient (Wildman–Crippen LogP) is 3.54. The maximum absolute atomic E-state index is 13.1. The number of benzene rings is 2. The fourth-order valence-corrected chi connectivity index (χ4v) is 5.68. The van der Waals surface area contributed by atoms with Gasteiger partial charge in [-0.3, -0.25) is 10.1 Å². The highest BCUT2D eigenvalue weighted by Crippen LogP contribution is 2.33. The van der Waals surface area contributed by atoms with Crippen molar-refractivity contribution in [1.29, 1.82) is 0 Å². The van der Waals surface area contributed by atoms with Gasteiger partial charge in [-0.1, -0.05) is 17.2 Å². The van der Waals surface area contributed by atoms with E-state index in [9.17, 15) is 13.2 Å². The zero-order chi connectivity index (χ0) is 25.3. The summed E-state index contributed by atoms with van der Waals surface area (Å²) in [5.74, 6) is 0.584. The van der Waals surface area contributed by atoms with Crippen molar-refractivity contribution in [2.45, 2.75) is 17.7 Å². The number of nitrogens with one attached hydrogen (secondary N) is 1. The topological polar surface area (TPSA) is 137 Å². The van der Waals surface area contributed by atoms with E-state index in [0.29, 0.717) is 42.2 Å². The van der Waals surface area contributed by atoms with Crippen LogP contribution < -0.4 is 14.8 Å². The molecule has 0 saturated carbocycles. The highest BCUT2D eigenvalue weighted by Gasteiger charge is 2.34. The van der Waals surface area contributed by atoms with E-state index >= 15 is 0 Å². The average Bonchev–Trinajstić information content (AvgIpc) is 3.55. The van der Waals surface area contributed by atoms with E-state index in [0.717, 1.165) is 5.39 Å². The number of hydrogen-bond acceptors (Lipinski definition) is 9. The van der Waals surface area contributed by atoms with Gasteiger partial charge in [0.05, 0.1) is 25.0 Å². The molecule has 5 rings (SSSR count). The van der Waals surface area contributed by atoms with Crippen LogP contribution in [0, 0.1) is 5.92 Å². The molecule has 1 fully saturated rings. The van der Waals surface area contributed by atoms with E-state index in [1.54, 1.807) is 31.4 Å². The van der Waals surface area contributed by atoms with Crippen LogP contribution in [-0.4, -0.2) is 56.1 Å². The highest BCUT2D eigenvalue weighted by molar-refractivity contribution is 7.89. The zero-order valence-corrected chi connectivity index (χ0v) is 20.4. The van der Waals surface area contributed by atoms with E-state index < -0.39 is 21.8 Å². The number of nitrogens with zero attached hydrogens (tertiary/aromatic N) is 3. The Morgan fingerprint density at radius 1 is 1.08 bits per heavy atom. The maximum Gasteiger partial charge on any atom is 0.322 e. The number of carbonyl (C=O) groups is 1. The Labute approximate surface area is 207 Å². The molecule has 1 aliphatic rings. The third-order valence-electron chi connectivity index (χ3n) is 6.05. The first kappa shape index (κ1) is 23.8. The average molecular weight is 513 g/mol. The number of aromatic nitrogens is 2. The number of amides is 1. The summed E-state index contributed by atoms with van der Waals surface area (Å²) in [6, 6.07) is 13.3. The molecule has 1 N–H and O–H groups in total. The van der Waals surface area contributed by atoms with Gasteiger partial charge in [-0.05, 0) is 49.2 Å². The fraction of sp³-hybridized carbons (Fsp3) is 0.292. The number of piperidine rings is 1. The number of ether oxygens (including phenoxy) is 2. The molecular weight excluding hydrogens is 488 g/mol. The van der Waals surface area contributed by atoms with E-state index in [1.807, 2.05) is 12.1 Å². The molecule has 2 aromatic carbocycles. The number of fused-ring (bicyclic) bond motifs is 1. The lowest BCUT2D eigenvalue weighted by Gasteiger charge is -2.30. The van der Waals surface area contributed by atoms with Crippen LogP contribution in [0.4, 0.5) is 6.01 Å². The molecule has 188 valence electrons. The minimum atomic E-state index is -3.75. The van der Waals surface area contributed by atoms with Crippen molar-refractivity contribution in [3.63, 3.8) is 0 Å². The first-order valence-corrected chi connectivity index (χ1v) is 12.7. The molecule has 11 nitrogen and oxygen atoms in total. The van der Waals surface area contributed by atoms with Gasteiger partial charge < -0.3 is 18.3 Å². The summed E-state index contributed by atoms with van der Waals surface area (Å²) >= 11 is 0. The first-order valence-electron chi connectivity index (χ1n) is 11.2. The molecular formula is C24H24N4O7S. The summed E-state index contributed by atoms with van der Waals surface area (Å²) in [6.07, 6.45) is 1.08. The van der Waals surface area contributed by atoms with Crippen molar-refractivity contribution in [2.75, 3.05) is 32.6 Å². The van der Waals surface area contributed by atoms with Crippen LogP contribution in [0.15, 0.2) is 62.3 Å². The van der Waals surface area contributed by atoms with Crippen molar-refractivity contribution in [2.24, 2.45) is 5.92 Å². The minimum absolute atomic E-state index is 0.0462. The standard InChI is InChI=1S/C24H24N4O7S/c1-32-17-8-10-18(11-9-17)36(30,31)28-12-4-6-16(14-28)22(29)25-24-27-26-23(35-24)20-13-15-5-3-7-19(33-2)21(15)34-20/h3,5,7-11,13,16H,4,6,12,14H2,1-2H3,(H,25,27,29). The van der Waals surface area contributed by atoms with Gasteiger partial charge >= 0.3 is 6.01 Å². The number of anilines is 1. The fourth-order valence-electron chi connectivity index (χ4n) is 4.15. The second-order valence-corrected chi connectivity index (χ2v) is 10.2. The van der Waals surface area contributed by atoms with Crippen LogP contribution in [0.1, 0.15) is 12.8 Å². The van der Waals surface area contributed by atoms with Crippen LogP contribution in [0.25, 0.3) is 22.6 Å². The monoisotopic (exact) mass is 512 g/mol. The number of furan rings is 1. The molecule has 3 heterocycles. The number of rotatable bonds is 7. The summed E-state index contributed by atoms with van der Waals surface area (Å²) in [7, 11) is -0.694. The molecule has 0 bridgehead atoms. The van der Waals surface area contributed by atoms with Gasteiger partial charge in [-0.15, -0.1) is 5.10 Å². The third-order valence-corrected chi connectivity index (χ3v) is 7.93. The van der Waals surface area contributed by atoms with Gasteiger partial charge in [0.1, 0.15) is 5.75 Å². The SMILES string of the molecule is COc1ccc(S(=O)(=O)N2CCCC(C(=O)Nc3nnc(-c4cc5cccc(OC)c5o4)o3)C2)cc1. The Morgan fingerprint density at radius 2 is 1.89 bits per heavy atom. The summed E-state index contributed by atoms with van der Waals surface area (Å²) < 4.78 is 49.3. The quantitative estimate of drug-likeness (QED) is 0.394. The van der Waals surface area contributed by atoms with Gasteiger partial charge in [0.25, 0.3) is 5.89 Å². The molecule has 1 aliphatic heterocycles. The van der Waals surface area contributed by atoms with Crippen molar-refractivity contribution in [3.05, 3.63) is 48.5 Å². The number of para-hydroxylation sites is 1. The van der Waals surface area contributed by atoms with Crippen LogP contribution >= 0.6 is 0 Å². The van der Waals surface area contributed by atoms with Crippen LogP contribution in [0.2, 0.25) is 0 Å². The van der Waals surface area contributed by atoms with Crippen molar-refractivity contribution >= 4 is 32.9 Å². The van der Waals surface area contributed by atoms with E-state index in [4.69, 9.17) is 18.3 Å². The first-order chi connectivity index (χ1) is 17.4. The number of carbonyl (C=O) groups excluding carboxylic acids is 1. The zero-order valence-electron chi connectivity index (χ0n) is 19.6. The van der Waals surface area contributed by atoms with Gasteiger partial charge in [0.15, 0.2) is 17.1 Å². The minimum Gasteiger partial charge on any atom is -0.497 e. The molecule has 1 unspecified atom stereocenters. The Kier molecular flexibility index (Phi) is 6.37. The van der Waals surface area contributed by atoms with Crippen molar-refractivity contribution in [1.82, 2.24) is 14.5 Å². The highest BCUT2D eigenvalue weighted by atomic mass is 32.2. The molecule has 36 heavy (non-hydrogen) atoms. The van der Waals surface area contributed by atoms with Crippen molar-refractivity contribution in [3.8, 4) is 23.1 Å². The summed E-state index contributed by atoms with van der Waals surface area (Å²) in [6.45, 7) is 0.378. The van der Waals surface area contributed by atoms with Gasteiger partial charge in [-0.2, -0.15) is 4.31 Å². The van der Waals surface area contributed by atoms with E-state index in [2.05, 4.69) is 15.5 Å². The second kappa shape index (κ2) is 9.63. The molecule has 0 radical (unpaired) electrons. The van der Waals surface area contributed by atoms with Crippen LogP contribution in [-0.2, 0) is 14.8 Å². The lowest BCUT2D eigenvalue weighted by molar-refractivity contribution is -0.121.